The molecule has 1 aromatic heterocycles. The lowest BCUT2D eigenvalue weighted by atomic mass is 10.1. The first-order chi connectivity index (χ1) is 10.7. The first-order valence-corrected chi connectivity index (χ1v) is 7.65. The third kappa shape index (κ3) is 2.86. The Morgan fingerprint density at radius 1 is 1.05 bits per heavy atom. The van der Waals surface area contributed by atoms with Gasteiger partial charge in [0.15, 0.2) is 0 Å². The highest BCUT2D eigenvalue weighted by Gasteiger charge is 2.12. The number of ether oxygens (including phenoxy) is 1. The average molecular weight is 331 g/mol. The molecule has 22 heavy (non-hydrogen) atoms. The molecule has 2 aromatic carbocycles. The molecule has 3 aromatic rings. The largest absolute Gasteiger partial charge is 0.465 e. The Kier molecular flexibility index (Phi) is 4.18. The topological polar surface area (TPSA) is 52.1 Å². The maximum Gasteiger partial charge on any atom is 0.337 e. The number of benzene rings is 2. The van der Waals surface area contributed by atoms with Crippen LogP contribution < -0.4 is 0 Å². The molecule has 0 bridgehead atoms. The van der Waals surface area contributed by atoms with Crippen molar-refractivity contribution in [3.63, 3.8) is 0 Å². The minimum atomic E-state index is -0.361. The van der Waals surface area contributed by atoms with E-state index in [2.05, 4.69) is 14.9 Å². The van der Waals surface area contributed by atoms with Crippen LogP contribution in [-0.2, 0) is 4.74 Å². The van der Waals surface area contributed by atoms with E-state index in [0.717, 1.165) is 21.1 Å². The number of hydrogen-bond acceptors (Lipinski definition) is 5. The van der Waals surface area contributed by atoms with E-state index in [4.69, 9.17) is 11.6 Å². The molecule has 110 valence electrons. The summed E-state index contributed by atoms with van der Waals surface area (Å²) in [5.41, 5.74) is 2.25. The lowest BCUT2D eigenvalue weighted by Crippen LogP contribution is -2.00. The van der Waals surface area contributed by atoms with Crippen molar-refractivity contribution in [2.24, 2.45) is 0 Å². The summed E-state index contributed by atoms with van der Waals surface area (Å²) >= 11 is 7.62. The molecule has 1 heterocycles. The van der Waals surface area contributed by atoms with Crippen LogP contribution in [0.2, 0.25) is 5.02 Å². The van der Waals surface area contributed by atoms with Gasteiger partial charge in [-0.3, -0.25) is 0 Å². The van der Waals surface area contributed by atoms with Gasteiger partial charge in [0.25, 0.3) is 0 Å². The zero-order valence-electron chi connectivity index (χ0n) is 11.6. The highest BCUT2D eigenvalue weighted by Crippen LogP contribution is 2.33. The van der Waals surface area contributed by atoms with Crippen molar-refractivity contribution in [2.75, 3.05) is 7.11 Å². The lowest BCUT2D eigenvalue weighted by Gasteiger charge is -2.00. The Labute approximate surface area is 136 Å². The van der Waals surface area contributed by atoms with Gasteiger partial charge in [-0.15, -0.1) is 10.2 Å². The van der Waals surface area contributed by atoms with Gasteiger partial charge in [0.2, 0.25) is 0 Å². The second kappa shape index (κ2) is 6.25. The third-order valence-corrected chi connectivity index (χ3v) is 4.42. The standard InChI is InChI=1S/C16H11ClN2O2S/c1-21-16(20)11-8-6-10(7-9-11)14-18-19-15(22-14)12-4-2-3-5-13(12)17/h2-9H,1H3. The number of rotatable bonds is 3. The Morgan fingerprint density at radius 3 is 2.41 bits per heavy atom. The van der Waals surface area contributed by atoms with Gasteiger partial charge in [0.1, 0.15) is 10.0 Å². The Morgan fingerprint density at radius 2 is 1.73 bits per heavy atom. The van der Waals surface area contributed by atoms with E-state index in [-0.39, 0.29) is 5.97 Å². The van der Waals surface area contributed by atoms with Crippen LogP contribution in [0.4, 0.5) is 0 Å². The molecule has 0 spiro atoms. The number of nitrogens with zero attached hydrogens (tertiary/aromatic N) is 2. The fourth-order valence-electron chi connectivity index (χ4n) is 1.95. The zero-order chi connectivity index (χ0) is 15.5. The first-order valence-electron chi connectivity index (χ1n) is 6.46. The fraction of sp³-hybridized carbons (Fsp3) is 0.0625. The summed E-state index contributed by atoms with van der Waals surface area (Å²) in [6.07, 6.45) is 0. The van der Waals surface area contributed by atoms with Gasteiger partial charge in [0, 0.05) is 11.1 Å². The molecule has 0 atom stereocenters. The first kappa shape index (κ1) is 14.7. The molecule has 0 saturated heterocycles. The quantitative estimate of drug-likeness (QED) is 0.671. The van der Waals surface area contributed by atoms with Crippen molar-refractivity contribution in [1.29, 1.82) is 0 Å². The molecule has 0 aliphatic heterocycles. The summed E-state index contributed by atoms with van der Waals surface area (Å²) in [5.74, 6) is -0.361. The summed E-state index contributed by atoms with van der Waals surface area (Å²) in [5, 5.41) is 10.6. The maximum absolute atomic E-state index is 11.4. The maximum atomic E-state index is 11.4. The number of carbonyl (C=O) groups is 1. The molecule has 0 saturated carbocycles. The summed E-state index contributed by atoms with van der Waals surface area (Å²) in [7, 11) is 1.36. The molecule has 0 aliphatic carbocycles. The second-order valence-corrected chi connectivity index (χ2v) is 5.85. The van der Waals surface area contributed by atoms with Crippen LogP contribution in [0.5, 0.6) is 0 Å². The summed E-state index contributed by atoms with van der Waals surface area (Å²) in [6.45, 7) is 0. The molecule has 0 amide bonds. The number of carbonyl (C=O) groups excluding carboxylic acids is 1. The van der Waals surface area contributed by atoms with Gasteiger partial charge in [-0.05, 0) is 18.2 Å². The van der Waals surface area contributed by atoms with Gasteiger partial charge < -0.3 is 4.74 Å². The molecule has 0 fully saturated rings. The smallest absolute Gasteiger partial charge is 0.337 e. The zero-order valence-corrected chi connectivity index (χ0v) is 13.2. The van der Waals surface area contributed by atoms with E-state index in [9.17, 15) is 4.79 Å². The van der Waals surface area contributed by atoms with Crippen LogP contribution >= 0.6 is 22.9 Å². The van der Waals surface area contributed by atoms with E-state index in [0.29, 0.717) is 10.6 Å². The molecular formula is C16H11ClN2O2S. The van der Waals surface area contributed by atoms with Crippen LogP contribution in [0.3, 0.4) is 0 Å². The lowest BCUT2D eigenvalue weighted by molar-refractivity contribution is 0.0601. The number of methoxy groups -OCH3 is 1. The van der Waals surface area contributed by atoms with Crippen molar-refractivity contribution in [2.45, 2.75) is 0 Å². The van der Waals surface area contributed by atoms with Gasteiger partial charge in [0.05, 0.1) is 17.7 Å². The van der Waals surface area contributed by atoms with Crippen molar-refractivity contribution in [3.8, 4) is 21.1 Å². The molecule has 4 nitrogen and oxygen atoms in total. The fourth-order valence-corrected chi connectivity index (χ4v) is 3.12. The van der Waals surface area contributed by atoms with Crippen LogP contribution in [0.15, 0.2) is 48.5 Å². The Bertz CT molecular complexity index is 815. The van der Waals surface area contributed by atoms with Crippen LogP contribution in [0.1, 0.15) is 10.4 Å². The van der Waals surface area contributed by atoms with Gasteiger partial charge >= 0.3 is 5.97 Å². The van der Waals surface area contributed by atoms with Crippen molar-refractivity contribution < 1.29 is 9.53 Å². The van der Waals surface area contributed by atoms with E-state index < -0.39 is 0 Å². The summed E-state index contributed by atoms with van der Waals surface area (Å²) in [4.78, 5) is 11.4. The van der Waals surface area contributed by atoms with Crippen LogP contribution in [0, 0.1) is 0 Å². The minimum absolute atomic E-state index is 0.361. The molecule has 3 rings (SSSR count). The molecule has 0 unspecified atom stereocenters. The third-order valence-electron chi connectivity index (χ3n) is 3.08. The highest BCUT2D eigenvalue weighted by atomic mass is 35.5. The SMILES string of the molecule is COC(=O)c1ccc(-c2nnc(-c3ccccc3Cl)s2)cc1. The number of aromatic nitrogens is 2. The van der Waals surface area contributed by atoms with Crippen molar-refractivity contribution in [3.05, 3.63) is 59.1 Å². The van der Waals surface area contributed by atoms with Gasteiger partial charge in [-0.2, -0.15) is 0 Å². The Hall–Kier alpha value is -2.24. The van der Waals surface area contributed by atoms with E-state index in [1.54, 1.807) is 12.1 Å². The number of esters is 1. The van der Waals surface area contributed by atoms with Crippen LogP contribution in [0.25, 0.3) is 21.1 Å². The van der Waals surface area contributed by atoms with E-state index in [1.165, 1.54) is 18.4 Å². The summed E-state index contributed by atoms with van der Waals surface area (Å²) < 4.78 is 4.68. The van der Waals surface area contributed by atoms with Crippen molar-refractivity contribution >= 4 is 28.9 Å². The molecule has 0 aliphatic rings. The Balaban J connectivity index is 1.91. The molecule has 6 heteroatoms. The number of halogens is 1. The van der Waals surface area contributed by atoms with Gasteiger partial charge in [-0.25, -0.2) is 4.79 Å². The minimum Gasteiger partial charge on any atom is -0.465 e. The molecule has 0 radical (unpaired) electrons. The average Bonchev–Trinajstić information content (AvgIpc) is 3.04. The summed E-state index contributed by atoms with van der Waals surface area (Å²) in [6, 6.07) is 14.6. The molecule has 0 N–H and O–H groups in total. The van der Waals surface area contributed by atoms with Crippen LogP contribution in [-0.4, -0.2) is 23.3 Å². The van der Waals surface area contributed by atoms with Gasteiger partial charge in [-0.1, -0.05) is 53.3 Å². The van der Waals surface area contributed by atoms with Crippen molar-refractivity contribution in [1.82, 2.24) is 10.2 Å². The predicted octanol–water partition coefficient (Wildman–Crippen LogP) is 4.31. The highest BCUT2D eigenvalue weighted by molar-refractivity contribution is 7.18. The van der Waals surface area contributed by atoms with E-state index in [1.807, 2.05) is 36.4 Å². The predicted molar refractivity (Wildman–Crippen MR) is 87.1 cm³/mol. The molecular weight excluding hydrogens is 320 g/mol. The second-order valence-electron chi connectivity index (χ2n) is 4.46. The monoisotopic (exact) mass is 330 g/mol. The number of hydrogen-bond donors (Lipinski definition) is 0. The van der Waals surface area contributed by atoms with E-state index >= 15 is 0 Å². The normalized spacial score (nSPS) is 10.5.